The van der Waals surface area contributed by atoms with Crippen molar-refractivity contribution in [2.75, 3.05) is 11.8 Å². The topological polar surface area (TPSA) is 114 Å². The summed E-state index contributed by atoms with van der Waals surface area (Å²) in [5.41, 5.74) is 1.73. The van der Waals surface area contributed by atoms with Gasteiger partial charge in [-0.25, -0.2) is 14.4 Å². The molecule has 8 nitrogen and oxygen atoms in total. The van der Waals surface area contributed by atoms with Crippen LogP contribution in [0.2, 0.25) is 0 Å². The number of phenolic OH excluding ortho intramolecular Hbond substituents is 1. The number of thiazole rings is 1. The van der Waals surface area contributed by atoms with Gasteiger partial charge < -0.3 is 9.84 Å². The molecule has 0 saturated heterocycles. The predicted octanol–water partition coefficient (Wildman–Crippen LogP) is 5.93. The van der Waals surface area contributed by atoms with E-state index in [1.807, 2.05) is 0 Å². The molecule has 4 aromatic rings. The summed E-state index contributed by atoms with van der Waals surface area (Å²) in [6.45, 7) is 1.54. The van der Waals surface area contributed by atoms with Gasteiger partial charge in [-0.3, -0.25) is 9.71 Å². The molecule has 2 aromatic heterocycles. The van der Waals surface area contributed by atoms with Crippen LogP contribution >= 0.6 is 11.3 Å². The molecule has 2 N–H and O–H groups in total. The van der Waals surface area contributed by atoms with Crippen molar-refractivity contribution in [2.45, 2.75) is 30.7 Å². The van der Waals surface area contributed by atoms with E-state index in [1.165, 1.54) is 31.7 Å². The second kappa shape index (κ2) is 10.1. The number of hydrogen-bond acceptors (Lipinski definition) is 8. The fraction of sp³-hybridized carbons (Fsp3) is 0.192. The van der Waals surface area contributed by atoms with E-state index in [-0.39, 0.29) is 44.4 Å². The zero-order chi connectivity index (χ0) is 27.0. The van der Waals surface area contributed by atoms with Crippen LogP contribution in [0.15, 0.2) is 58.7 Å². The van der Waals surface area contributed by atoms with Gasteiger partial charge in [0.2, 0.25) is 5.13 Å². The lowest BCUT2D eigenvalue weighted by Crippen LogP contribution is -2.15. The first-order valence-corrected chi connectivity index (χ1v) is 13.8. The van der Waals surface area contributed by atoms with Crippen LogP contribution in [0.5, 0.6) is 11.5 Å². The van der Waals surface area contributed by atoms with Gasteiger partial charge in [-0.05, 0) is 61.1 Å². The molecular formula is C26H22F2N4O4S2. The average Bonchev–Trinajstić information content (AvgIpc) is 3.65. The number of sulfonamides is 1. The minimum absolute atomic E-state index is 0.0801. The molecule has 2 heterocycles. The van der Waals surface area contributed by atoms with Crippen LogP contribution in [-0.2, 0) is 10.0 Å². The van der Waals surface area contributed by atoms with Gasteiger partial charge in [0, 0.05) is 17.3 Å². The molecule has 5 rings (SSSR count). The smallest absolute Gasteiger partial charge is 0.281 e. The van der Waals surface area contributed by atoms with Crippen LogP contribution in [-0.4, -0.2) is 36.8 Å². The van der Waals surface area contributed by atoms with Crippen molar-refractivity contribution in [2.24, 2.45) is 4.99 Å². The lowest BCUT2D eigenvalue weighted by molar-refractivity contribution is 0.373. The third kappa shape index (κ3) is 5.22. The number of phenols is 1. The van der Waals surface area contributed by atoms with Crippen LogP contribution in [0.3, 0.4) is 0 Å². The number of halogens is 2. The number of benzene rings is 2. The molecule has 1 saturated carbocycles. The number of methoxy groups -OCH3 is 1. The minimum Gasteiger partial charge on any atom is -0.504 e. The Labute approximate surface area is 221 Å². The molecule has 1 fully saturated rings. The zero-order valence-electron chi connectivity index (χ0n) is 20.3. The van der Waals surface area contributed by atoms with E-state index in [2.05, 4.69) is 19.7 Å². The molecule has 38 heavy (non-hydrogen) atoms. The summed E-state index contributed by atoms with van der Waals surface area (Å²) in [5, 5.41) is 8.96. The molecule has 0 spiro atoms. The Morgan fingerprint density at radius 2 is 2.00 bits per heavy atom. The first-order chi connectivity index (χ1) is 18.2. The molecule has 0 bridgehead atoms. The SMILES string of the molecule is COc1cccc(C=Nc2cnc(S(=O)(=O)Nc3nc(-c4ccc(C5CC5)c(F)c4)c(F)s3)c(C)c2)c1O. The van der Waals surface area contributed by atoms with Crippen molar-refractivity contribution < 1.29 is 27.0 Å². The van der Waals surface area contributed by atoms with Gasteiger partial charge in [0.15, 0.2) is 21.7 Å². The summed E-state index contributed by atoms with van der Waals surface area (Å²) < 4.78 is 62.4. The number of rotatable bonds is 8. The number of aromatic hydroxyl groups is 1. The fourth-order valence-corrected chi connectivity index (χ4v) is 6.05. The van der Waals surface area contributed by atoms with Gasteiger partial charge in [0.05, 0.1) is 19.0 Å². The maximum atomic E-state index is 14.7. The highest BCUT2D eigenvalue weighted by molar-refractivity contribution is 7.92. The van der Waals surface area contributed by atoms with Crippen LogP contribution in [0.4, 0.5) is 19.6 Å². The van der Waals surface area contributed by atoms with Crippen molar-refractivity contribution in [3.8, 4) is 22.8 Å². The Balaban J connectivity index is 1.35. The highest BCUT2D eigenvalue weighted by Crippen LogP contribution is 2.42. The monoisotopic (exact) mass is 556 g/mol. The summed E-state index contributed by atoms with van der Waals surface area (Å²) in [7, 11) is -2.78. The van der Waals surface area contributed by atoms with Crippen LogP contribution in [0.1, 0.15) is 35.4 Å². The second-order valence-corrected chi connectivity index (χ2v) is 11.3. The van der Waals surface area contributed by atoms with E-state index in [9.17, 15) is 22.3 Å². The highest BCUT2D eigenvalue weighted by Gasteiger charge is 2.27. The molecule has 0 radical (unpaired) electrons. The molecule has 0 amide bonds. The van der Waals surface area contributed by atoms with Gasteiger partial charge in [-0.1, -0.05) is 29.5 Å². The summed E-state index contributed by atoms with van der Waals surface area (Å²) in [5.74, 6) is -0.0151. The maximum absolute atomic E-state index is 14.7. The minimum atomic E-state index is -4.21. The second-order valence-electron chi connectivity index (χ2n) is 8.73. The highest BCUT2D eigenvalue weighted by atomic mass is 32.2. The Hall–Kier alpha value is -3.90. The number of pyridine rings is 1. The average molecular weight is 557 g/mol. The zero-order valence-corrected chi connectivity index (χ0v) is 21.9. The normalized spacial score (nSPS) is 13.7. The first-order valence-electron chi connectivity index (χ1n) is 11.5. The van der Waals surface area contributed by atoms with E-state index >= 15 is 0 Å². The molecule has 0 atom stereocenters. The fourth-order valence-electron chi connectivity index (χ4n) is 3.94. The van der Waals surface area contributed by atoms with Crippen molar-refractivity contribution in [3.63, 3.8) is 0 Å². The predicted molar refractivity (Wildman–Crippen MR) is 141 cm³/mol. The van der Waals surface area contributed by atoms with Gasteiger partial charge in [0.25, 0.3) is 10.0 Å². The Morgan fingerprint density at radius 1 is 1.21 bits per heavy atom. The summed E-state index contributed by atoms with van der Waals surface area (Å²) in [4.78, 5) is 12.3. The summed E-state index contributed by atoms with van der Waals surface area (Å²) >= 11 is 0.503. The summed E-state index contributed by atoms with van der Waals surface area (Å²) in [6, 6.07) is 10.9. The van der Waals surface area contributed by atoms with E-state index < -0.39 is 21.0 Å². The number of ether oxygens (including phenoxy) is 1. The molecule has 196 valence electrons. The van der Waals surface area contributed by atoms with Crippen LogP contribution in [0, 0.1) is 17.9 Å². The lowest BCUT2D eigenvalue weighted by Gasteiger charge is -2.08. The number of hydrogen-bond donors (Lipinski definition) is 2. The van der Waals surface area contributed by atoms with Gasteiger partial charge in [-0.2, -0.15) is 12.8 Å². The number of aryl methyl sites for hydroxylation is 1. The molecule has 0 aliphatic heterocycles. The molecule has 2 aromatic carbocycles. The van der Waals surface area contributed by atoms with Crippen molar-refractivity contribution in [1.29, 1.82) is 0 Å². The van der Waals surface area contributed by atoms with Crippen molar-refractivity contribution in [3.05, 3.63) is 76.3 Å². The Morgan fingerprint density at radius 3 is 2.68 bits per heavy atom. The third-order valence-corrected chi connectivity index (χ3v) is 8.26. The van der Waals surface area contributed by atoms with Crippen molar-refractivity contribution in [1.82, 2.24) is 9.97 Å². The van der Waals surface area contributed by atoms with Crippen LogP contribution < -0.4 is 9.46 Å². The number of anilines is 1. The van der Waals surface area contributed by atoms with Gasteiger partial charge in [-0.15, -0.1) is 0 Å². The molecule has 0 unspecified atom stereocenters. The molecule has 1 aliphatic carbocycles. The van der Waals surface area contributed by atoms with Gasteiger partial charge >= 0.3 is 0 Å². The quantitative estimate of drug-likeness (QED) is 0.260. The molecular weight excluding hydrogens is 534 g/mol. The number of nitrogens with one attached hydrogen (secondary N) is 1. The first kappa shape index (κ1) is 25.7. The van der Waals surface area contributed by atoms with E-state index in [0.29, 0.717) is 28.2 Å². The standard InChI is InChI=1S/C26H22F2N4O4S2/c1-14-10-18(29-12-17-4-3-5-21(36-2)23(17)33)13-30-25(14)38(34,35)32-26-31-22(24(28)37-26)16-8-9-19(15-6-7-15)20(27)11-16/h3-5,8-13,15,33H,6-7H2,1-2H3,(H,31,32). The number of para-hydroxylation sites is 1. The van der Waals surface area contributed by atoms with E-state index in [1.54, 1.807) is 37.3 Å². The van der Waals surface area contributed by atoms with E-state index in [0.717, 1.165) is 12.8 Å². The number of aliphatic imine (C=N–C) groups is 1. The molecule has 12 heteroatoms. The Bertz CT molecular complexity index is 1670. The maximum Gasteiger partial charge on any atom is 0.281 e. The number of aromatic nitrogens is 2. The van der Waals surface area contributed by atoms with Gasteiger partial charge in [0.1, 0.15) is 11.5 Å². The molecule has 1 aliphatic rings. The lowest BCUT2D eigenvalue weighted by atomic mass is 10.1. The Kier molecular flexibility index (Phi) is 6.84. The van der Waals surface area contributed by atoms with E-state index in [4.69, 9.17) is 4.74 Å². The van der Waals surface area contributed by atoms with Crippen molar-refractivity contribution >= 4 is 38.4 Å². The number of nitrogens with zero attached hydrogens (tertiary/aromatic N) is 3. The largest absolute Gasteiger partial charge is 0.504 e. The third-order valence-electron chi connectivity index (χ3n) is 5.97. The summed E-state index contributed by atoms with van der Waals surface area (Å²) in [6.07, 6.45) is 4.52. The van der Waals surface area contributed by atoms with Crippen LogP contribution in [0.25, 0.3) is 11.3 Å².